The van der Waals surface area contributed by atoms with Crippen molar-refractivity contribution in [3.8, 4) is 11.3 Å². The Hall–Kier alpha value is -2.70. The maximum Gasteiger partial charge on any atom is 0.155 e. The van der Waals surface area contributed by atoms with Crippen molar-refractivity contribution in [2.24, 2.45) is 0 Å². The van der Waals surface area contributed by atoms with Gasteiger partial charge in [-0.1, -0.05) is 19.9 Å². The number of nitrogens with zero attached hydrogens (tertiary/aromatic N) is 3. The van der Waals surface area contributed by atoms with Crippen molar-refractivity contribution < 1.29 is 0 Å². The van der Waals surface area contributed by atoms with E-state index >= 15 is 0 Å². The lowest BCUT2D eigenvalue weighted by molar-refractivity contribution is 0.115. The van der Waals surface area contributed by atoms with Crippen LogP contribution in [0.4, 0.5) is 0 Å². The number of benzene rings is 1. The van der Waals surface area contributed by atoms with E-state index in [1.165, 1.54) is 78.6 Å². The lowest BCUT2D eigenvalue weighted by atomic mass is 9.86. The van der Waals surface area contributed by atoms with Crippen molar-refractivity contribution in [3.05, 3.63) is 47.8 Å². The Morgan fingerprint density at radius 3 is 2.71 bits per heavy atom. The van der Waals surface area contributed by atoms with E-state index in [1.54, 1.807) is 0 Å². The summed E-state index contributed by atoms with van der Waals surface area (Å²) in [6, 6.07) is 10.7. The van der Waals surface area contributed by atoms with Gasteiger partial charge < -0.3 is 15.2 Å². The third-order valence-electron chi connectivity index (χ3n) is 8.18. The standard InChI is InChI=1S/C28H36N6/c1-17(2)26-23-15-20(19-8-12-34(13-9-19)21-6-10-29-18(3)14-21)4-5-25(23)32-27(26)22-7-11-30-28-24(22)16-31-33-28/h4-5,7,11,15-19,21,29,32H,6,8-10,12-14H2,1-3H3,(H,30,31,33). The molecule has 0 radical (unpaired) electrons. The molecule has 6 nitrogen and oxygen atoms in total. The highest BCUT2D eigenvalue weighted by Gasteiger charge is 2.29. The first-order chi connectivity index (χ1) is 16.6. The lowest BCUT2D eigenvalue weighted by Gasteiger charge is -2.41. The number of hydrogen-bond acceptors (Lipinski definition) is 4. The summed E-state index contributed by atoms with van der Waals surface area (Å²) in [6.07, 6.45) is 8.86. The molecular formula is C28H36N6. The zero-order chi connectivity index (χ0) is 23.2. The van der Waals surface area contributed by atoms with Gasteiger partial charge in [-0.3, -0.25) is 5.10 Å². The summed E-state index contributed by atoms with van der Waals surface area (Å²) >= 11 is 0. The van der Waals surface area contributed by atoms with Gasteiger partial charge in [0, 0.05) is 40.1 Å². The fourth-order valence-electron chi connectivity index (χ4n) is 6.40. The number of hydrogen-bond donors (Lipinski definition) is 3. The third kappa shape index (κ3) is 3.83. The normalized spacial score (nSPS) is 22.8. The van der Waals surface area contributed by atoms with Crippen LogP contribution in [0.5, 0.6) is 0 Å². The molecule has 2 fully saturated rings. The van der Waals surface area contributed by atoms with E-state index < -0.39 is 0 Å². The van der Waals surface area contributed by atoms with Gasteiger partial charge in [0.25, 0.3) is 0 Å². The monoisotopic (exact) mass is 456 g/mol. The largest absolute Gasteiger partial charge is 0.354 e. The number of rotatable bonds is 4. The summed E-state index contributed by atoms with van der Waals surface area (Å²) in [7, 11) is 0. The molecule has 2 aliphatic heterocycles. The lowest BCUT2D eigenvalue weighted by Crippen LogP contribution is -2.49. The molecule has 6 rings (SSSR count). The Morgan fingerprint density at radius 1 is 1.06 bits per heavy atom. The quantitative estimate of drug-likeness (QED) is 0.376. The highest BCUT2D eigenvalue weighted by Crippen LogP contribution is 2.40. The van der Waals surface area contributed by atoms with Crippen molar-refractivity contribution in [2.75, 3.05) is 19.6 Å². The molecule has 6 heteroatoms. The number of H-pyrrole nitrogens is 2. The van der Waals surface area contributed by atoms with Crippen LogP contribution in [0.25, 0.3) is 33.2 Å². The molecule has 2 unspecified atom stereocenters. The van der Waals surface area contributed by atoms with E-state index in [1.807, 2.05) is 12.4 Å². The van der Waals surface area contributed by atoms with Crippen LogP contribution < -0.4 is 5.32 Å². The maximum absolute atomic E-state index is 4.44. The van der Waals surface area contributed by atoms with Crippen molar-refractivity contribution in [2.45, 2.75) is 70.4 Å². The molecule has 34 heavy (non-hydrogen) atoms. The van der Waals surface area contributed by atoms with Gasteiger partial charge >= 0.3 is 0 Å². The summed E-state index contributed by atoms with van der Waals surface area (Å²) in [4.78, 5) is 10.9. The SMILES string of the molecule is CC1CC(N2CCC(c3ccc4[nH]c(-c5ccnc6[nH]ncc56)c(C(C)C)c4c3)CC2)CCN1. The fourth-order valence-corrected chi connectivity index (χ4v) is 6.40. The fraction of sp³-hybridized carbons (Fsp3) is 0.500. The van der Waals surface area contributed by atoms with Crippen LogP contribution in [0.1, 0.15) is 69.4 Å². The number of fused-ring (bicyclic) bond motifs is 2. The molecule has 2 atom stereocenters. The maximum atomic E-state index is 4.44. The second kappa shape index (κ2) is 8.82. The molecule has 0 spiro atoms. The van der Waals surface area contributed by atoms with Crippen LogP contribution >= 0.6 is 0 Å². The van der Waals surface area contributed by atoms with Gasteiger partial charge in [-0.2, -0.15) is 5.10 Å². The van der Waals surface area contributed by atoms with Crippen LogP contribution in [0.3, 0.4) is 0 Å². The zero-order valence-electron chi connectivity index (χ0n) is 20.6. The molecular weight excluding hydrogens is 420 g/mol. The summed E-state index contributed by atoms with van der Waals surface area (Å²) in [5.41, 5.74) is 7.32. The average Bonchev–Trinajstić information content (AvgIpc) is 3.48. The first kappa shape index (κ1) is 21.8. The topological polar surface area (TPSA) is 72.6 Å². The molecule has 0 amide bonds. The molecule has 0 saturated carbocycles. The van der Waals surface area contributed by atoms with Crippen LogP contribution in [0, 0.1) is 0 Å². The number of aromatic amines is 2. The second-order valence-corrected chi connectivity index (χ2v) is 10.7. The molecule has 1 aromatic carbocycles. The van der Waals surface area contributed by atoms with Crippen LogP contribution in [0.15, 0.2) is 36.7 Å². The number of nitrogens with one attached hydrogen (secondary N) is 3. The Bertz CT molecular complexity index is 1290. The third-order valence-corrected chi connectivity index (χ3v) is 8.18. The van der Waals surface area contributed by atoms with Crippen LogP contribution in [-0.2, 0) is 0 Å². The molecule has 4 aromatic rings. The molecule has 0 aliphatic carbocycles. The zero-order valence-corrected chi connectivity index (χ0v) is 20.6. The van der Waals surface area contributed by atoms with Gasteiger partial charge in [0.1, 0.15) is 0 Å². The predicted molar refractivity (Wildman–Crippen MR) is 139 cm³/mol. The van der Waals surface area contributed by atoms with Crippen LogP contribution in [0.2, 0.25) is 0 Å². The average molecular weight is 457 g/mol. The molecule has 0 bridgehead atoms. The molecule has 3 aromatic heterocycles. The highest BCUT2D eigenvalue weighted by atomic mass is 15.2. The Morgan fingerprint density at radius 2 is 1.91 bits per heavy atom. The Balaban J connectivity index is 1.30. The molecule has 2 saturated heterocycles. The smallest absolute Gasteiger partial charge is 0.155 e. The molecule has 3 N–H and O–H groups in total. The molecule has 178 valence electrons. The van der Waals surface area contributed by atoms with Crippen molar-refractivity contribution in [3.63, 3.8) is 0 Å². The molecule has 5 heterocycles. The number of pyridine rings is 1. The summed E-state index contributed by atoms with van der Waals surface area (Å²) in [5, 5.41) is 13.3. The van der Waals surface area contributed by atoms with E-state index in [4.69, 9.17) is 0 Å². The minimum absolute atomic E-state index is 0.415. The Labute approximate surface area is 201 Å². The second-order valence-electron chi connectivity index (χ2n) is 10.7. The number of likely N-dealkylation sites (tertiary alicyclic amines) is 1. The molecule has 2 aliphatic rings. The highest BCUT2D eigenvalue weighted by molar-refractivity contribution is 5.98. The van der Waals surface area contributed by atoms with Crippen molar-refractivity contribution >= 4 is 21.9 Å². The van der Waals surface area contributed by atoms with Crippen molar-refractivity contribution in [1.82, 2.24) is 30.4 Å². The van der Waals surface area contributed by atoms with E-state index in [-0.39, 0.29) is 0 Å². The van der Waals surface area contributed by atoms with E-state index in [9.17, 15) is 0 Å². The summed E-state index contributed by atoms with van der Waals surface area (Å²) in [5.74, 6) is 1.07. The first-order valence-electron chi connectivity index (χ1n) is 13.0. The first-order valence-corrected chi connectivity index (χ1v) is 13.0. The van der Waals surface area contributed by atoms with E-state index in [2.05, 4.69) is 75.4 Å². The van der Waals surface area contributed by atoms with E-state index in [0.717, 1.165) is 17.1 Å². The number of piperidine rings is 2. The van der Waals surface area contributed by atoms with Gasteiger partial charge in [-0.15, -0.1) is 0 Å². The summed E-state index contributed by atoms with van der Waals surface area (Å²) < 4.78 is 0. The van der Waals surface area contributed by atoms with Gasteiger partial charge in [-0.25, -0.2) is 4.98 Å². The minimum Gasteiger partial charge on any atom is -0.354 e. The van der Waals surface area contributed by atoms with Gasteiger partial charge in [0.15, 0.2) is 5.65 Å². The minimum atomic E-state index is 0.415. The van der Waals surface area contributed by atoms with Crippen LogP contribution in [-0.4, -0.2) is 56.8 Å². The van der Waals surface area contributed by atoms with Gasteiger partial charge in [-0.05, 0) is 93.4 Å². The van der Waals surface area contributed by atoms with E-state index in [0.29, 0.717) is 17.9 Å². The Kier molecular flexibility index (Phi) is 5.66. The predicted octanol–water partition coefficient (Wildman–Crippen LogP) is 5.55. The summed E-state index contributed by atoms with van der Waals surface area (Å²) in [6.45, 7) is 10.5. The number of aromatic nitrogens is 4. The van der Waals surface area contributed by atoms with Crippen molar-refractivity contribution in [1.29, 1.82) is 0 Å². The van der Waals surface area contributed by atoms with Gasteiger partial charge in [0.2, 0.25) is 0 Å². The van der Waals surface area contributed by atoms with Gasteiger partial charge in [0.05, 0.1) is 11.9 Å².